The third-order valence-corrected chi connectivity index (χ3v) is 11.6. The predicted octanol–water partition coefficient (Wildman–Crippen LogP) is 14.2. The fourth-order valence-electron chi connectivity index (χ4n) is 8.67. The second-order valence-electron chi connectivity index (χ2n) is 15.2. The molecule has 8 aromatic carbocycles. The Hall–Kier alpha value is -8.56. The van der Waals surface area contributed by atoms with Crippen LogP contribution in [-0.2, 0) is 0 Å². The Labute approximate surface area is 346 Å². The molecular weight excluding hydrogens is 757 g/mol. The minimum atomic E-state index is 0.321. The van der Waals surface area contributed by atoms with E-state index in [4.69, 9.17) is 33.2 Å². The van der Waals surface area contributed by atoms with Crippen LogP contribution in [0.3, 0.4) is 0 Å². The second-order valence-corrected chi connectivity index (χ2v) is 15.2. The third-order valence-electron chi connectivity index (χ3n) is 11.6. The number of benzene rings is 8. The summed E-state index contributed by atoms with van der Waals surface area (Å²) in [6.45, 7) is 0. The van der Waals surface area contributed by atoms with Crippen molar-refractivity contribution in [1.82, 2.24) is 19.9 Å². The Kier molecular flexibility index (Phi) is 7.11. The average molecular weight is 787 g/mol. The molecule has 0 saturated heterocycles. The van der Waals surface area contributed by atoms with Gasteiger partial charge >= 0.3 is 0 Å². The van der Waals surface area contributed by atoms with Crippen molar-refractivity contribution in [3.05, 3.63) is 182 Å². The summed E-state index contributed by atoms with van der Waals surface area (Å²) in [4.78, 5) is 24.2. The van der Waals surface area contributed by atoms with Gasteiger partial charge in [-0.05, 0) is 82.2 Å². The van der Waals surface area contributed by atoms with Gasteiger partial charge in [-0.15, -0.1) is 0 Å². The van der Waals surface area contributed by atoms with E-state index in [1.165, 1.54) is 0 Å². The topological polar surface area (TPSA) is 97.5 Å². The van der Waals surface area contributed by atoms with Crippen molar-refractivity contribution in [2.45, 2.75) is 0 Å². The van der Waals surface area contributed by atoms with E-state index in [1.54, 1.807) is 12.4 Å². The van der Waals surface area contributed by atoms with Crippen LogP contribution in [0.15, 0.2) is 196 Å². The Morgan fingerprint density at radius 1 is 0.328 bits per heavy atom. The lowest BCUT2D eigenvalue weighted by Crippen LogP contribution is -2.12. The molecule has 61 heavy (non-hydrogen) atoms. The molecule has 5 aromatic heterocycles. The highest BCUT2D eigenvalue weighted by Gasteiger charge is 2.23. The normalized spacial score (nSPS) is 11.9. The maximum Gasteiger partial charge on any atom is 0.251 e. The highest BCUT2D eigenvalue weighted by molar-refractivity contribution is 6.07. The Morgan fingerprint density at radius 2 is 0.721 bits per heavy atom. The van der Waals surface area contributed by atoms with Gasteiger partial charge in [0.1, 0.15) is 22.3 Å². The SMILES string of the molecule is c1ccc2cc(N(c3ccc4c(c3)oc3ccccc34)c3cnc4c(n3)oc3nc(N(c5ccc6ccccc6c5)c5ccc6c(c5)oc5ccccc56)cnc34)ccc2c1. The number of nitrogens with zero attached hydrogens (tertiary/aromatic N) is 6. The van der Waals surface area contributed by atoms with Crippen molar-refractivity contribution >= 4 is 122 Å². The van der Waals surface area contributed by atoms with Crippen LogP contribution < -0.4 is 9.80 Å². The van der Waals surface area contributed by atoms with E-state index in [-0.39, 0.29) is 0 Å². The van der Waals surface area contributed by atoms with E-state index in [2.05, 4.69) is 119 Å². The molecule has 0 bridgehead atoms. The maximum absolute atomic E-state index is 6.50. The van der Waals surface area contributed by atoms with Crippen LogP contribution in [0, 0.1) is 0 Å². The number of aromatic nitrogens is 4. The van der Waals surface area contributed by atoms with Gasteiger partial charge in [0.05, 0.1) is 23.8 Å². The molecule has 9 nitrogen and oxygen atoms in total. The summed E-state index contributed by atoms with van der Waals surface area (Å²) < 4.78 is 19.2. The molecule has 0 aliphatic rings. The Balaban J connectivity index is 0.961. The van der Waals surface area contributed by atoms with Gasteiger partial charge in [0, 0.05) is 45.1 Å². The standard InChI is InChI=1S/C52H30N6O3/c1-3-11-33-25-35(19-17-31(33)9-1)57(37-21-23-41-39-13-5-7-15-43(39)59-45(41)27-37)47-29-53-49-50-52(61-51(49)55-47)56-48(30-54-50)58(36-20-18-32-10-2-4-12-34(32)26-36)38-22-24-42-40-14-6-8-16-44(40)60-46(42)28-38/h1-30H. The summed E-state index contributed by atoms with van der Waals surface area (Å²) in [5.74, 6) is 1.13. The van der Waals surface area contributed by atoms with Crippen molar-refractivity contribution in [2.75, 3.05) is 9.80 Å². The van der Waals surface area contributed by atoms with Gasteiger partial charge in [0.2, 0.25) is 0 Å². The summed E-state index contributed by atoms with van der Waals surface area (Å²) in [5, 5.41) is 8.70. The number of hydrogen-bond donors (Lipinski definition) is 0. The zero-order chi connectivity index (χ0) is 40.0. The van der Waals surface area contributed by atoms with Crippen LogP contribution in [0.4, 0.5) is 34.4 Å². The van der Waals surface area contributed by atoms with Gasteiger partial charge in [-0.3, -0.25) is 9.80 Å². The molecule has 286 valence electrons. The van der Waals surface area contributed by atoms with E-state index < -0.39 is 0 Å². The molecule has 0 unspecified atom stereocenters. The minimum Gasteiger partial charge on any atom is -0.456 e. The van der Waals surface area contributed by atoms with Gasteiger partial charge in [-0.25, -0.2) is 9.97 Å². The zero-order valence-corrected chi connectivity index (χ0v) is 32.2. The van der Waals surface area contributed by atoms with Crippen molar-refractivity contribution in [2.24, 2.45) is 0 Å². The number of rotatable bonds is 6. The molecule has 0 fully saturated rings. The van der Waals surface area contributed by atoms with Crippen LogP contribution in [0.25, 0.3) is 87.9 Å². The fraction of sp³-hybridized carbons (Fsp3) is 0. The lowest BCUT2D eigenvalue weighted by Gasteiger charge is -2.24. The molecule has 13 aromatic rings. The molecule has 0 aliphatic heterocycles. The summed E-state index contributed by atoms with van der Waals surface area (Å²) >= 11 is 0. The fourth-order valence-corrected chi connectivity index (χ4v) is 8.67. The lowest BCUT2D eigenvalue weighted by molar-refractivity contribution is 0.638. The van der Waals surface area contributed by atoms with E-state index in [0.717, 1.165) is 88.2 Å². The highest BCUT2D eigenvalue weighted by Crippen LogP contribution is 2.42. The number of para-hydroxylation sites is 2. The summed E-state index contributed by atoms with van der Waals surface area (Å²) in [6.07, 6.45) is 3.52. The first-order valence-electron chi connectivity index (χ1n) is 20.0. The van der Waals surface area contributed by atoms with Crippen molar-refractivity contribution in [3.63, 3.8) is 0 Å². The molecule has 0 amide bonds. The van der Waals surface area contributed by atoms with Crippen LogP contribution >= 0.6 is 0 Å². The molecule has 0 N–H and O–H groups in total. The summed E-state index contributed by atoms with van der Waals surface area (Å²) in [6, 6.07) is 58.0. The molecule has 0 aliphatic carbocycles. The smallest absolute Gasteiger partial charge is 0.251 e. The largest absolute Gasteiger partial charge is 0.456 e. The molecule has 5 heterocycles. The first-order valence-corrected chi connectivity index (χ1v) is 20.0. The predicted molar refractivity (Wildman–Crippen MR) is 244 cm³/mol. The summed E-state index contributed by atoms with van der Waals surface area (Å²) in [7, 11) is 0. The van der Waals surface area contributed by atoms with Gasteiger partial charge < -0.3 is 13.3 Å². The number of furan rings is 3. The van der Waals surface area contributed by atoms with E-state index in [0.29, 0.717) is 34.1 Å². The third kappa shape index (κ3) is 5.34. The van der Waals surface area contributed by atoms with Crippen molar-refractivity contribution in [3.8, 4) is 0 Å². The quantitative estimate of drug-likeness (QED) is 0.163. The second kappa shape index (κ2) is 13.0. The molecular formula is C52H30N6O3. The molecule has 0 radical (unpaired) electrons. The van der Waals surface area contributed by atoms with Crippen LogP contribution in [0.5, 0.6) is 0 Å². The minimum absolute atomic E-state index is 0.321. The first kappa shape index (κ1) is 33.4. The van der Waals surface area contributed by atoms with E-state index in [9.17, 15) is 0 Å². The van der Waals surface area contributed by atoms with Gasteiger partial charge in [-0.1, -0.05) is 97.1 Å². The number of anilines is 6. The molecule has 9 heteroatoms. The molecule has 0 saturated carbocycles. The molecule has 0 atom stereocenters. The van der Waals surface area contributed by atoms with E-state index in [1.807, 2.05) is 60.7 Å². The van der Waals surface area contributed by atoms with Gasteiger partial charge in [-0.2, -0.15) is 9.97 Å². The number of fused-ring (bicyclic) bond motifs is 11. The molecule has 13 rings (SSSR count). The van der Waals surface area contributed by atoms with E-state index >= 15 is 0 Å². The first-order chi connectivity index (χ1) is 30.2. The van der Waals surface area contributed by atoms with Gasteiger partial charge in [0.25, 0.3) is 11.4 Å². The zero-order valence-electron chi connectivity index (χ0n) is 32.2. The van der Waals surface area contributed by atoms with Crippen molar-refractivity contribution in [1.29, 1.82) is 0 Å². The molecule has 0 spiro atoms. The van der Waals surface area contributed by atoms with Crippen LogP contribution in [0.2, 0.25) is 0 Å². The van der Waals surface area contributed by atoms with Crippen molar-refractivity contribution < 1.29 is 13.3 Å². The lowest BCUT2D eigenvalue weighted by atomic mass is 10.1. The summed E-state index contributed by atoms with van der Waals surface area (Å²) in [5.41, 5.74) is 8.44. The van der Waals surface area contributed by atoms with Gasteiger partial charge in [0.15, 0.2) is 22.7 Å². The van der Waals surface area contributed by atoms with Crippen LogP contribution in [0.1, 0.15) is 0 Å². The monoisotopic (exact) mass is 786 g/mol. The Morgan fingerprint density at radius 3 is 1.21 bits per heavy atom. The van der Waals surface area contributed by atoms with Crippen LogP contribution in [-0.4, -0.2) is 19.9 Å². The Bertz CT molecular complexity index is 3640. The maximum atomic E-state index is 6.50. The average Bonchev–Trinajstić information content (AvgIpc) is 3.99. The highest BCUT2D eigenvalue weighted by atomic mass is 16.4. The number of hydrogen-bond acceptors (Lipinski definition) is 9.